The largest absolute Gasteiger partial charge is 0.383 e. The summed E-state index contributed by atoms with van der Waals surface area (Å²) in [5.74, 6) is 0. The summed E-state index contributed by atoms with van der Waals surface area (Å²) in [7, 11) is 1.60. The predicted octanol–water partition coefficient (Wildman–Crippen LogP) is 3.17. The average Bonchev–Trinajstić information content (AvgIpc) is 1.78. The normalized spacial score (nSPS) is 15.4. The molecule has 0 saturated heterocycles. The van der Waals surface area contributed by atoms with Crippen LogP contribution in [0.3, 0.4) is 0 Å². The van der Waals surface area contributed by atoms with Crippen molar-refractivity contribution in [3.05, 3.63) is 0 Å². The van der Waals surface area contributed by atoms with E-state index in [9.17, 15) is 0 Å². The Labute approximate surface area is 92.4 Å². The van der Waals surface area contributed by atoms with Gasteiger partial charge < -0.3 is 4.74 Å². The van der Waals surface area contributed by atoms with Crippen LogP contribution in [-0.4, -0.2) is 21.9 Å². The van der Waals surface area contributed by atoms with Crippen molar-refractivity contribution in [2.24, 2.45) is 5.41 Å². The Morgan fingerprint density at radius 2 is 1.36 bits per heavy atom. The zero-order valence-electron chi connectivity index (χ0n) is 11.3. The van der Waals surface area contributed by atoms with Crippen LogP contribution in [0.25, 0.3) is 0 Å². The first-order chi connectivity index (χ1) is 5.97. The van der Waals surface area contributed by atoms with Crippen molar-refractivity contribution in [2.45, 2.75) is 65.1 Å². The van der Waals surface area contributed by atoms with Gasteiger partial charge in [0.1, 0.15) is 0 Å². The predicted molar refractivity (Wildman–Crippen MR) is 67.7 cm³/mol. The average molecular weight is 216 g/mol. The van der Waals surface area contributed by atoms with E-state index >= 15 is 0 Å². The van der Waals surface area contributed by atoms with Crippen LogP contribution in [0.15, 0.2) is 0 Å². The molecule has 14 heavy (non-hydrogen) atoms. The summed E-state index contributed by atoms with van der Waals surface area (Å²) in [6.07, 6.45) is 1.29. The molecule has 0 heterocycles. The van der Waals surface area contributed by atoms with Gasteiger partial charge >= 0.3 is 0 Å². The molecule has 86 valence electrons. The second-order valence-electron chi connectivity index (χ2n) is 7.04. The minimum Gasteiger partial charge on any atom is -0.383 e. The lowest BCUT2D eigenvalue weighted by Gasteiger charge is -2.37. The molecule has 0 spiro atoms. The smallest absolute Gasteiger partial charge is 0.0648 e. The van der Waals surface area contributed by atoms with Gasteiger partial charge in [0.15, 0.2) is 0 Å². The summed E-state index contributed by atoms with van der Waals surface area (Å²) < 4.78 is 5.55. The lowest BCUT2D eigenvalue weighted by Crippen LogP contribution is -2.38. The SMILES string of the molecule is COC(C)(C)[SiH2]C(C)(C)CC(C)(C)C. The molecule has 0 aromatic heterocycles. The standard InChI is InChI=1S/C12H28OSi/c1-10(2,3)9-11(4,5)14-12(6,7)13-8/h9,14H2,1-8H3. The molecule has 0 aliphatic carbocycles. The Balaban J connectivity index is 4.35. The van der Waals surface area contributed by atoms with Crippen LogP contribution in [0, 0.1) is 5.41 Å². The lowest BCUT2D eigenvalue weighted by molar-refractivity contribution is 0.0883. The van der Waals surface area contributed by atoms with Crippen LogP contribution in [0.4, 0.5) is 0 Å². The van der Waals surface area contributed by atoms with Gasteiger partial charge in [0.25, 0.3) is 0 Å². The highest BCUT2D eigenvalue weighted by Crippen LogP contribution is 2.40. The first-order valence-electron chi connectivity index (χ1n) is 5.53. The number of ether oxygens (including phenoxy) is 1. The van der Waals surface area contributed by atoms with E-state index in [0.29, 0.717) is 10.5 Å². The van der Waals surface area contributed by atoms with Crippen LogP contribution in [0.5, 0.6) is 0 Å². The van der Waals surface area contributed by atoms with E-state index in [0.717, 1.165) is 0 Å². The third kappa shape index (κ3) is 6.60. The van der Waals surface area contributed by atoms with Gasteiger partial charge in [0.2, 0.25) is 0 Å². The van der Waals surface area contributed by atoms with Crippen molar-refractivity contribution in [3.63, 3.8) is 0 Å². The molecule has 0 aliphatic rings. The Morgan fingerprint density at radius 3 is 1.64 bits per heavy atom. The molecule has 0 unspecified atom stereocenters. The van der Waals surface area contributed by atoms with Gasteiger partial charge in [-0.15, -0.1) is 0 Å². The topological polar surface area (TPSA) is 9.23 Å². The molecule has 0 aliphatic heterocycles. The lowest BCUT2D eigenvalue weighted by atomic mass is 9.86. The van der Waals surface area contributed by atoms with E-state index in [2.05, 4.69) is 48.5 Å². The molecule has 0 atom stereocenters. The van der Waals surface area contributed by atoms with E-state index < -0.39 is 0 Å². The van der Waals surface area contributed by atoms with Gasteiger partial charge in [-0.25, -0.2) is 0 Å². The van der Waals surface area contributed by atoms with Gasteiger partial charge in [-0.1, -0.05) is 34.6 Å². The first-order valence-corrected chi connectivity index (χ1v) is 6.94. The number of rotatable bonds is 4. The molecular formula is C12H28OSi. The van der Waals surface area contributed by atoms with E-state index in [1.165, 1.54) is 6.42 Å². The van der Waals surface area contributed by atoms with Gasteiger partial charge in [-0.3, -0.25) is 0 Å². The van der Waals surface area contributed by atoms with E-state index in [-0.39, 0.29) is 14.7 Å². The maximum Gasteiger partial charge on any atom is 0.0648 e. The zero-order chi connectivity index (χ0) is 11.6. The number of methoxy groups -OCH3 is 1. The van der Waals surface area contributed by atoms with Crippen molar-refractivity contribution in [1.82, 2.24) is 0 Å². The zero-order valence-corrected chi connectivity index (χ0v) is 12.7. The number of hydrogen-bond acceptors (Lipinski definition) is 1. The van der Waals surface area contributed by atoms with Gasteiger partial charge in [-0.05, 0) is 30.7 Å². The summed E-state index contributed by atoms with van der Waals surface area (Å²) in [6.45, 7) is 16.2. The highest BCUT2D eigenvalue weighted by Gasteiger charge is 2.32. The third-order valence-electron chi connectivity index (χ3n) is 2.47. The van der Waals surface area contributed by atoms with Crippen LogP contribution >= 0.6 is 0 Å². The minimum atomic E-state index is -0.235. The molecule has 0 bridgehead atoms. The monoisotopic (exact) mass is 216 g/mol. The molecule has 2 heteroatoms. The molecular weight excluding hydrogens is 188 g/mol. The Kier molecular flexibility index (Phi) is 4.41. The van der Waals surface area contributed by atoms with Crippen LogP contribution < -0.4 is 0 Å². The third-order valence-corrected chi connectivity index (χ3v) is 4.81. The van der Waals surface area contributed by atoms with Crippen LogP contribution in [0.2, 0.25) is 5.04 Å². The Hall–Kier alpha value is 0.177. The Bertz CT molecular complexity index is 177. The molecule has 0 saturated carbocycles. The highest BCUT2D eigenvalue weighted by molar-refractivity contribution is 6.43. The molecule has 0 aromatic carbocycles. The van der Waals surface area contributed by atoms with Crippen molar-refractivity contribution in [3.8, 4) is 0 Å². The molecule has 0 radical (unpaired) electrons. The molecule has 0 rings (SSSR count). The van der Waals surface area contributed by atoms with E-state index in [1.807, 2.05) is 7.11 Å². The van der Waals surface area contributed by atoms with Crippen LogP contribution in [0.1, 0.15) is 54.9 Å². The fraction of sp³-hybridized carbons (Fsp3) is 1.00. The van der Waals surface area contributed by atoms with E-state index in [4.69, 9.17) is 4.74 Å². The molecule has 0 N–H and O–H groups in total. The van der Waals surface area contributed by atoms with E-state index in [1.54, 1.807) is 0 Å². The summed E-state index contributed by atoms with van der Waals surface area (Å²) >= 11 is 0. The fourth-order valence-corrected chi connectivity index (χ4v) is 6.05. The second kappa shape index (κ2) is 4.36. The summed E-state index contributed by atoms with van der Waals surface area (Å²) in [4.78, 5) is 0. The first kappa shape index (κ1) is 14.2. The van der Waals surface area contributed by atoms with Crippen molar-refractivity contribution in [1.29, 1.82) is 0 Å². The molecule has 1 nitrogen and oxygen atoms in total. The Morgan fingerprint density at radius 1 is 0.929 bits per heavy atom. The maximum absolute atomic E-state index is 5.55. The quantitative estimate of drug-likeness (QED) is 0.656. The second-order valence-corrected chi connectivity index (χ2v) is 11.0. The summed E-state index contributed by atoms with van der Waals surface area (Å²) in [5, 5.41) is 0.618. The maximum atomic E-state index is 5.55. The summed E-state index contributed by atoms with van der Waals surface area (Å²) in [5.41, 5.74) is 0.431. The van der Waals surface area contributed by atoms with Crippen molar-refractivity contribution < 1.29 is 4.74 Å². The van der Waals surface area contributed by atoms with Crippen molar-refractivity contribution in [2.75, 3.05) is 7.11 Å². The van der Waals surface area contributed by atoms with Gasteiger partial charge in [0, 0.05) is 12.3 Å². The van der Waals surface area contributed by atoms with Gasteiger partial charge in [-0.2, -0.15) is 0 Å². The van der Waals surface area contributed by atoms with Gasteiger partial charge in [0.05, 0.1) is 9.52 Å². The molecule has 0 fully saturated rings. The number of hydrogen-bond donors (Lipinski definition) is 0. The fourth-order valence-electron chi connectivity index (χ4n) is 2.72. The van der Waals surface area contributed by atoms with Crippen LogP contribution in [-0.2, 0) is 4.74 Å². The van der Waals surface area contributed by atoms with Crippen molar-refractivity contribution >= 4 is 9.52 Å². The summed E-state index contributed by atoms with van der Waals surface area (Å²) in [6, 6.07) is 0. The molecule has 0 aromatic rings. The highest BCUT2D eigenvalue weighted by atomic mass is 28.2. The molecule has 0 amide bonds. The minimum absolute atomic E-state index is 0.134.